The van der Waals surface area contributed by atoms with Crippen molar-refractivity contribution in [2.75, 3.05) is 16.0 Å². The van der Waals surface area contributed by atoms with Gasteiger partial charge in [0, 0.05) is 24.0 Å². The summed E-state index contributed by atoms with van der Waals surface area (Å²) in [6, 6.07) is 13.5. The van der Waals surface area contributed by atoms with Crippen LogP contribution >= 0.6 is 0 Å². The van der Waals surface area contributed by atoms with Crippen molar-refractivity contribution in [3.63, 3.8) is 0 Å². The quantitative estimate of drug-likeness (QED) is 0.647. The molecule has 3 rings (SSSR count). The van der Waals surface area contributed by atoms with Crippen LogP contribution in [0.3, 0.4) is 0 Å². The third kappa shape index (κ3) is 4.54. The molecule has 7 heteroatoms. The average Bonchev–Trinajstić information content (AvgIpc) is 2.57. The zero-order chi connectivity index (χ0) is 18.5. The SMILES string of the molecule is CC(=O)Nc1cccc(Nc2nncc(Nc3ccc(C)cc3C)n2)c1. The molecule has 0 fully saturated rings. The number of amides is 1. The highest BCUT2D eigenvalue weighted by Gasteiger charge is 2.05. The van der Waals surface area contributed by atoms with E-state index in [-0.39, 0.29) is 5.91 Å². The first-order valence-electron chi connectivity index (χ1n) is 8.18. The van der Waals surface area contributed by atoms with Crippen molar-refractivity contribution in [3.8, 4) is 0 Å². The summed E-state index contributed by atoms with van der Waals surface area (Å²) >= 11 is 0. The van der Waals surface area contributed by atoms with Gasteiger partial charge in [0.1, 0.15) is 0 Å². The van der Waals surface area contributed by atoms with Gasteiger partial charge in [0.2, 0.25) is 11.9 Å². The number of nitrogens with zero attached hydrogens (tertiary/aromatic N) is 3. The summed E-state index contributed by atoms with van der Waals surface area (Å²) in [5, 5.41) is 17.1. The zero-order valence-corrected chi connectivity index (χ0v) is 14.9. The van der Waals surface area contributed by atoms with Crippen LogP contribution in [0, 0.1) is 13.8 Å². The third-order valence-electron chi connectivity index (χ3n) is 3.64. The second-order valence-corrected chi connectivity index (χ2v) is 6.00. The molecule has 3 N–H and O–H groups in total. The largest absolute Gasteiger partial charge is 0.339 e. The first-order valence-corrected chi connectivity index (χ1v) is 8.18. The molecule has 0 aliphatic heterocycles. The molecule has 0 radical (unpaired) electrons. The van der Waals surface area contributed by atoms with Gasteiger partial charge in [0.05, 0.1) is 6.20 Å². The number of hydrogen-bond donors (Lipinski definition) is 3. The Balaban J connectivity index is 1.76. The highest BCUT2D eigenvalue weighted by atomic mass is 16.1. The standard InChI is InChI=1S/C19H20N6O/c1-12-7-8-17(13(2)9-12)23-18-11-20-25-19(24-18)22-16-6-4-5-15(10-16)21-14(3)26/h4-11H,1-3H3,(H,21,26)(H2,22,23,24,25). The van der Waals surface area contributed by atoms with Gasteiger partial charge in [-0.05, 0) is 43.7 Å². The summed E-state index contributed by atoms with van der Waals surface area (Å²) in [5.74, 6) is 0.826. The molecule has 0 aliphatic carbocycles. The van der Waals surface area contributed by atoms with E-state index in [2.05, 4.69) is 44.1 Å². The van der Waals surface area contributed by atoms with Gasteiger partial charge in [-0.3, -0.25) is 4.79 Å². The van der Waals surface area contributed by atoms with Crippen LogP contribution in [0.4, 0.5) is 28.8 Å². The van der Waals surface area contributed by atoms with Gasteiger partial charge in [-0.15, -0.1) is 5.10 Å². The van der Waals surface area contributed by atoms with E-state index in [0.29, 0.717) is 17.5 Å². The summed E-state index contributed by atoms with van der Waals surface area (Å²) in [4.78, 5) is 15.6. The maximum Gasteiger partial charge on any atom is 0.249 e. The van der Waals surface area contributed by atoms with Crippen molar-refractivity contribution < 1.29 is 4.79 Å². The molecule has 0 saturated heterocycles. The molecule has 0 spiro atoms. The Morgan fingerprint density at radius 2 is 1.81 bits per heavy atom. The van der Waals surface area contributed by atoms with E-state index < -0.39 is 0 Å². The molecule has 0 aliphatic rings. The molecule has 2 aromatic carbocycles. The Morgan fingerprint density at radius 3 is 2.58 bits per heavy atom. The number of nitrogens with one attached hydrogen (secondary N) is 3. The minimum atomic E-state index is -0.125. The van der Waals surface area contributed by atoms with Gasteiger partial charge in [-0.2, -0.15) is 10.1 Å². The Labute approximate surface area is 151 Å². The summed E-state index contributed by atoms with van der Waals surface area (Å²) < 4.78 is 0. The number of carbonyl (C=O) groups is 1. The number of benzene rings is 2. The second-order valence-electron chi connectivity index (χ2n) is 6.00. The predicted molar refractivity (Wildman–Crippen MR) is 103 cm³/mol. The van der Waals surface area contributed by atoms with E-state index in [9.17, 15) is 4.79 Å². The number of anilines is 5. The minimum absolute atomic E-state index is 0.125. The van der Waals surface area contributed by atoms with E-state index in [1.165, 1.54) is 12.5 Å². The van der Waals surface area contributed by atoms with Crippen LogP contribution in [0.1, 0.15) is 18.1 Å². The van der Waals surface area contributed by atoms with Crippen molar-refractivity contribution in [1.29, 1.82) is 0 Å². The van der Waals surface area contributed by atoms with Gasteiger partial charge in [-0.1, -0.05) is 23.8 Å². The van der Waals surface area contributed by atoms with Gasteiger partial charge in [0.25, 0.3) is 0 Å². The van der Waals surface area contributed by atoms with Gasteiger partial charge < -0.3 is 16.0 Å². The maximum absolute atomic E-state index is 11.2. The fourth-order valence-electron chi connectivity index (χ4n) is 2.52. The second kappa shape index (κ2) is 7.60. The van der Waals surface area contributed by atoms with Crippen LogP contribution in [-0.2, 0) is 4.79 Å². The highest BCUT2D eigenvalue weighted by molar-refractivity contribution is 5.89. The van der Waals surface area contributed by atoms with Crippen LogP contribution in [0.2, 0.25) is 0 Å². The summed E-state index contributed by atoms with van der Waals surface area (Å²) in [6.45, 7) is 5.56. The highest BCUT2D eigenvalue weighted by Crippen LogP contribution is 2.22. The molecule has 1 aromatic heterocycles. The predicted octanol–water partition coefficient (Wildman–Crippen LogP) is 3.93. The summed E-state index contributed by atoms with van der Waals surface area (Å²) in [5.41, 5.74) is 4.74. The molecule has 1 heterocycles. The van der Waals surface area contributed by atoms with E-state index in [1.807, 2.05) is 37.3 Å². The fourth-order valence-corrected chi connectivity index (χ4v) is 2.52. The molecular weight excluding hydrogens is 328 g/mol. The molecule has 132 valence electrons. The van der Waals surface area contributed by atoms with E-state index in [0.717, 1.165) is 16.9 Å². The number of hydrogen-bond acceptors (Lipinski definition) is 6. The summed E-state index contributed by atoms with van der Waals surface area (Å²) in [6.07, 6.45) is 1.57. The lowest BCUT2D eigenvalue weighted by Gasteiger charge is -2.11. The van der Waals surface area contributed by atoms with Crippen molar-refractivity contribution >= 4 is 34.7 Å². The number of carbonyl (C=O) groups excluding carboxylic acids is 1. The third-order valence-corrected chi connectivity index (χ3v) is 3.64. The van der Waals surface area contributed by atoms with Gasteiger partial charge >= 0.3 is 0 Å². The summed E-state index contributed by atoms with van der Waals surface area (Å²) in [7, 11) is 0. The van der Waals surface area contributed by atoms with Crippen LogP contribution in [0.5, 0.6) is 0 Å². The molecular formula is C19H20N6O. The molecule has 7 nitrogen and oxygen atoms in total. The molecule has 0 bridgehead atoms. The van der Waals surface area contributed by atoms with Crippen molar-refractivity contribution in [1.82, 2.24) is 15.2 Å². The monoisotopic (exact) mass is 348 g/mol. The number of aromatic nitrogens is 3. The maximum atomic E-state index is 11.2. The topological polar surface area (TPSA) is 91.8 Å². The van der Waals surface area contributed by atoms with Gasteiger partial charge in [0.15, 0.2) is 5.82 Å². The van der Waals surface area contributed by atoms with E-state index >= 15 is 0 Å². The van der Waals surface area contributed by atoms with E-state index in [4.69, 9.17) is 0 Å². The van der Waals surface area contributed by atoms with Crippen molar-refractivity contribution in [3.05, 3.63) is 59.8 Å². The van der Waals surface area contributed by atoms with Crippen LogP contribution in [0.15, 0.2) is 48.7 Å². The number of aryl methyl sites for hydroxylation is 2. The molecule has 0 saturated carbocycles. The molecule has 26 heavy (non-hydrogen) atoms. The molecule has 3 aromatic rings. The number of rotatable bonds is 5. The Bertz CT molecular complexity index is 941. The Morgan fingerprint density at radius 1 is 1.00 bits per heavy atom. The lowest BCUT2D eigenvalue weighted by Crippen LogP contribution is -2.06. The van der Waals surface area contributed by atoms with Gasteiger partial charge in [-0.25, -0.2) is 0 Å². The Hall–Kier alpha value is -3.48. The first kappa shape index (κ1) is 17.3. The fraction of sp³-hybridized carbons (Fsp3) is 0.158. The van der Waals surface area contributed by atoms with Crippen molar-refractivity contribution in [2.45, 2.75) is 20.8 Å². The average molecular weight is 348 g/mol. The molecule has 0 unspecified atom stereocenters. The first-order chi connectivity index (χ1) is 12.5. The normalized spacial score (nSPS) is 10.3. The van der Waals surface area contributed by atoms with Crippen LogP contribution in [-0.4, -0.2) is 21.1 Å². The van der Waals surface area contributed by atoms with Crippen LogP contribution in [0.25, 0.3) is 0 Å². The minimum Gasteiger partial charge on any atom is -0.339 e. The van der Waals surface area contributed by atoms with Crippen LogP contribution < -0.4 is 16.0 Å². The van der Waals surface area contributed by atoms with E-state index in [1.54, 1.807) is 12.3 Å². The smallest absolute Gasteiger partial charge is 0.249 e. The molecule has 0 atom stereocenters. The zero-order valence-electron chi connectivity index (χ0n) is 14.9. The Kier molecular flexibility index (Phi) is 5.07. The van der Waals surface area contributed by atoms with Crippen molar-refractivity contribution in [2.24, 2.45) is 0 Å². The lowest BCUT2D eigenvalue weighted by molar-refractivity contribution is -0.114. The molecule has 1 amide bonds. The lowest BCUT2D eigenvalue weighted by atomic mass is 10.1.